The van der Waals surface area contributed by atoms with Crippen LogP contribution in [0.2, 0.25) is 0 Å². The molecule has 5 unspecified atom stereocenters. The van der Waals surface area contributed by atoms with Crippen LogP contribution in [0.25, 0.3) is 0 Å². The zero-order valence-electron chi connectivity index (χ0n) is 20.0. The Morgan fingerprint density at radius 3 is 2.64 bits per heavy atom. The van der Waals surface area contributed by atoms with Gasteiger partial charge in [-0.25, -0.2) is 4.68 Å². The van der Waals surface area contributed by atoms with E-state index < -0.39 is 28.1 Å². The standard InChI is InChI=1S/C23H34N4O5S/c1-8-13(2)9-23(7)18(29)17(21(32)33-23)14(3)15(4)27-11-16(25-26-27)10-24-20(31)19(30)22(5,6)12-28/h8-9,11,14-15,17,19,28,30H,1,10,12H2,2-7H3,(H,24,31). The van der Waals surface area contributed by atoms with Crippen LogP contribution in [-0.4, -0.2) is 59.5 Å². The van der Waals surface area contributed by atoms with Gasteiger partial charge in [0, 0.05) is 5.41 Å². The van der Waals surface area contributed by atoms with Gasteiger partial charge in [0.15, 0.2) is 5.78 Å². The number of hydrogen-bond acceptors (Lipinski definition) is 8. The maximum absolute atomic E-state index is 13.2. The summed E-state index contributed by atoms with van der Waals surface area (Å²) in [4.78, 5) is 38.1. The van der Waals surface area contributed by atoms with Crippen molar-refractivity contribution in [1.29, 1.82) is 0 Å². The van der Waals surface area contributed by atoms with Gasteiger partial charge in [-0.1, -0.05) is 62.1 Å². The lowest BCUT2D eigenvalue weighted by molar-refractivity contribution is -0.137. The number of aromatic nitrogens is 3. The monoisotopic (exact) mass is 478 g/mol. The van der Waals surface area contributed by atoms with Crippen molar-refractivity contribution in [2.45, 2.75) is 65.0 Å². The van der Waals surface area contributed by atoms with Gasteiger partial charge in [0.2, 0.25) is 11.0 Å². The average Bonchev–Trinajstić information content (AvgIpc) is 3.32. The van der Waals surface area contributed by atoms with Crippen LogP contribution in [0.5, 0.6) is 0 Å². The molecule has 1 aromatic rings. The van der Waals surface area contributed by atoms with Gasteiger partial charge in [-0.2, -0.15) is 0 Å². The van der Waals surface area contributed by atoms with Crippen LogP contribution >= 0.6 is 11.8 Å². The minimum atomic E-state index is -1.37. The van der Waals surface area contributed by atoms with Gasteiger partial charge >= 0.3 is 0 Å². The molecule has 1 saturated heterocycles. The van der Waals surface area contributed by atoms with Gasteiger partial charge in [-0.15, -0.1) is 5.10 Å². The lowest BCUT2D eigenvalue weighted by Crippen LogP contribution is -2.45. The second-order valence-corrected chi connectivity index (χ2v) is 11.0. The summed E-state index contributed by atoms with van der Waals surface area (Å²) in [5, 5.41) is 30.0. The Hall–Kier alpha value is -2.30. The molecule has 3 N–H and O–H groups in total. The molecule has 10 heteroatoms. The predicted molar refractivity (Wildman–Crippen MR) is 126 cm³/mol. The van der Waals surface area contributed by atoms with E-state index in [-0.39, 0.29) is 36.0 Å². The zero-order chi connectivity index (χ0) is 25.1. The molecule has 2 heterocycles. The molecule has 0 radical (unpaired) electrons. The molecular weight excluding hydrogens is 444 g/mol. The molecule has 0 saturated carbocycles. The molecule has 0 aliphatic carbocycles. The van der Waals surface area contributed by atoms with Crippen molar-refractivity contribution in [3.8, 4) is 0 Å². The third-order valence-electron chi connectivity index (χ3n) is 6.26. The SMILES string of the molecule is C=CC(C)=CC1(C)SC(=O)C(C(C)C(C)n2cc(CNC(=O)C(O)C(C)(C)CO)nn2)C1=O. The molecule has 1 amide bonds. The number of nitrogens with one attached hydrogen (secondary N) is 1. The first-order valence-corrected chi connectivity index (χ1v) is 11.7. The number of amides is 1. The number of nitrogens with zero attached hydrogens (tertiary/aromatic N) is 3. The third-order valence-corrected chi connectivity index (χ3v) is 7.46. The summed E-state index contributed by atoms with van der Waals surface area (Å²) in [7, 11) is 0. The van der Waals surface area contributed by atoms with Crippen LogP contribution in [0.4, 0.5) is 0 Å². The van der Waals surface area contributed by atoms with E-state index in [0.29, 0.717) is 5.69 Å². The van der Waals surface area contributed by atoms with Gasteiger partial charge in [-0.3, -0.25) is 14.4 Å². The summed E-state index contributed by atoms with van der Waals surface area (Å²) in [6, 6.07) is -0.300. The first kappa shape index (κ1) is 26.9. The molecule has 1 aliphatic heterocycles. The third kappa shape index (κ3) is 5.80. The molecule has 0 bridgehead atoms. The van der Waals surface area contributed by atoms with Crippen LogP contribution in [0.15, 0.2) is 30.5 Å². The van der Waals surface area contributed by atoms with Crippen LogP contribution in [-0.2, 0) is 20.9 Å². The number of hydrogen-bond donors (Lipinski definition) is 3. The van der Waals surface area contributed by atoms with E-state index in [4.69, 9.17) is 0 Å². The summed E-state index contributed by atoms with van der Waals surface area (Å²) >= 11 is 1.04. The van der Waals surface area contributed by atoms with Crippen LogP contribution < -0.4 is 5.32 Å². The Bertz CT molecular complexity index is 956. The lowest BCUT2D eigenvalue weighted by Gasteiger charge is -2.26. The van der Waals surface area contributed by atoms with Gasteiger partial charge in [0.25, 0.3) is 0 Å². The van der Waals surface area contributed by atoms with Crippen molar-refractivity contribution in [3.63, 3.8) is 0 Å². The minimum Gasteiger partial charge on any atom is -0.396 e. The minimum absolute atomic E-state index is 0.0410. The molecule has 1 fully saturated rings. The van der Waals surface area contributed by atoms with Crippen LogP contribution in [0.3, 0.4) is 0 Å². The van der Waals surface area contributed by atoms with E-state index in [1.807, 2.05) is 20.8 Å². The highest BCUT2D eigenvalue weighted by Crippen LogP contribution is 2.46. The molecule has 9 nitrogen and oxygen atoms in total. The van der Waals surface area contributed by atoms with E-state index in [1.165, 1.54) is 0 Å². The van der Waals surface area contributed by atoms with Gasteiger partial charge in [-0.05, 0) is 26.7 Å². The maximum atomic E-state index is 13.2. The average molecular weight is 479 g/mol. The highest BCUT2D eigenvalue weighted by atomic mass is 32.2. The molecule has 0 aromatic carbocycles. The van der Waals surface area contributed by atoms with Gasteiger partial charge in [0.05, 0.1) is 36.1 Å². The Kier molecular flexibility index (Phi) is 8.42. The summed E-state index contributed by atoms with van der Waals surface area (Å²) in [5.41, 5.74) is 0.324. The van der Waals surface area contributed by atoms with Crippen LogP contribution in [0, 0.1) is 17.3 Å². The second kappa shape index (κ2) is 10.3. The first-order valence-electron chi connectivity index (χ1n) is 10.8. The van der Waals surface area contributed by atoms with E-state index >= 15 is 0 Å². The Morgan fingerprint density at radius 1 is 1.42 bits per heavy atom. The molecule has 1 aliphatic rings. The van der Waals surface area contributed by atoms with Crippen LogP contribution in [0.1, 0.15) is 53.3 Å². The summed E-state index contributed by atoms with van der Waals surface area (Å²) in [6.07, 6.45) is 3.71. The number of carbonyl (C=O) groups excluding carboxylic acids is 3. The van der Waals surface area contributed by atoms with Crippen molar-refractivity contribution in [2.24, 2.45) is 17.3 Å². The fourth-order valence-corrected chi connectivity index (χ4v) is 4.95. The Balaban J connectivity index is 2.08. The fourth-order valence-electron chi connectivity index (χ4n) is 3.61. The molecule has 1 aromatic heterocycles. The number of Topliss-reactive ketones (excluding diaryl/α,β-unsaturated/α-hetero) is 1. The number of aliphatic hydroxyl groups excluding tert-OH is 2. The smallest absolute Gasteiger partial charge is 0.249 e. The van der Waals surface area contributed by atoms with Gasteiger partial charge < -0.3 is 15.5 Å². The van der Waals surface area contributed by atoms with Crippen molar-refractivity contribution < 1.29 is 24.6 Å². The normalized spacial score (nSPS) is 24.5. The van der Waals surface area contributed by atoms with Crippen molar-refractivity contribution in [3.05, 3.63) is 36.2 Å². The molecule has 5 atom stereocenters. The summed E-state index contributed by atoms with van der Waals surface area (Å²) < 4.78 is 0.654. The number of ketones is 1. The number of aliphatic hydroxyl groups is 2. The topological polar surface area (TPSA) is 134 Å². The number of rotatable bonds is 10. The van der Waals surface area contributed by atoms with E-state index in [9.17, 15) is 24.6 Å². The molecule has 33 heavy (non-hydrogen) atoms. The van der Waals surface area contributed by atoms with E-state index in [1.54, 1.807) is 43.8 Å². The molecule has 0 spiro atoms. The number of thioether (sulfide) groups is 1. The highest BCUT2D eigenvalue weighted by Gasteiger charge is 2.52. The summed E-state index contributed by atoms with van der Waals surface area (Å²) in [6.45, 7) is 13.9. The predicted octanol–water partition coefficient (Wildman–Crippen LogP) is 1.82. The van der Waals surface area contributed by atoms with Crippen molar-refractivity contribution in [2.75, 3.05) is 6.61 Å². The zero-order valence-corrected chi connectivity index (χ0v) is 20.8. The first-order chi connectivity index (χ1) is 15.3. The maximum Gasteiger partial charge on any atom is 0.249 e. The van der Waals surface area contributed by atoms with E-state index in [2.05, 4.69) is 22.2 Å². The quantitative estimate of drug-likeness (QED) is 0.342. The fraction of sp³-hybridized carbons (Fsp3) is 0.609. The Morgan fingerprint density at radius 2 is 2.06 bits per heavy atom. The largest absolute Gasteiger partial charge is 0.396 e. The highest BCUT2D eigenvalue weighted by molar-refractivity contribution is 8.16. The molecule has 2 rings (SSSR count). The second-order valence-electron chi connectivity index (χ2n) is 9.52. The Labute approximate surface area is 198 Å². The number of allylic oxidation sites excluding steroid dienone is 2. The molecular formula is C23H34N4O5S. The van der Waals surface area contributed by atoms with Crippen molar-refractivity contribution >= 4 is 28.6 Å². The number of carbonyl (C=O) groups is 3. The summed E-state index contributed by atoms with van der Waals surface area (Å²) in [5.74, 6) is -1.85. The molecule has 182 valence electrons. The lowest BCUT2D eigenvalue weighted by atomic mass is 9.81. The van der Waals surface area contributed by atoms with Crippen molar-refractivity contribution in [1.82, 2.24) is 20.3 Å². The van der Waals surface area contributed by atoms with Gasteiger partial charge in [0.1, 0.15) is 11.8 Å². The van der Waals surface area contributed by atoms with E-state index in [0.717, 1.165) is 17.3 Å².